The Morgan fingerprint density at radius 1 is 1.40 bits per heavy atom. The molecule has 1 unspecified atom stereocenters. The molecule has 136 valence electrons. The third-order valence-electron chi connectivity index (χ3n) is 3.29. The molecule has 0 spiro atoms. The van der Waals surface area contributed by atoms with Gasteiger partial charge in [-0.05, 0) is 46.2 Å². The van der Waals surface area contributed by atoms with Crippen LogP contribution >= 0.6 is 0 Å². The van der Waals surface area contributed by atoms with E-state index in [-0.39, 0.29) is 12.4 Å². The number of ether oxygens (including phenoxy) is 1. The summed E-state index contributed by atoms with van der Waals surface area (Å²) in [6.45, 7) is 9.19. The Morgan fingerprint density at radius 2 is 2.08 bits per heavy atom. The first kappa shape index (κ1) is 21.2. The zero-order valence-electron chi connectivity index (χ0n) is 15.7. The van der Waals surface area contributed by atoms with E-state index in [1.165, 1.54) is 7.11 Å². The minimum Gasteiger partial charge on any atom is -0.598 e. The summed E-state index contributed by atoms with van der Waals surface area (Å²) in [5.41, 5.74) is 0.836. The van der Waals surface area contributed by atoms with Crippen LogP contribution < -0.4 is 4.72 Å². The van der Waals surface area contributed by atoms with Gasteiger partial charge in [-0.15, -0.1) is 10.6 Å². The van der Waals surface area contributed by atoms with E-state index in [0.29, 0.717) is 0 Å². The van der Waals surface area contributed by atoms with Crippen molar-refractivity contribution < 1.29 is 14.1 Å². The van der Waals surface area contributed by atoms with Gasteiger partial charge in [-0.1, -0.05) is 18.1 Å². The molecule has 0 amide bonds. The zero-order chi connectivity index (χ0) is 19.1. The van der Waals surface area contributed by atoms with Gasteiger partial charge in [0.1, 0.15) is 4.75 Å². The van der Waals surface area contributed by atoms with Crippen molar-refractivity contribution in [2.24, 2.45) is 0 Å². The monoisotopic (exact) mass is 362 g/mol. The van der Waals surface area contributed by atoms with Crippen molar-refractivity contribution in [1.82, 2.24) is 9.71 Å². The summed E-state index contributed by atoms with van der Waals surface area (Å²) >= 11 is -1.34. The number of methoxy groups -OCH3 is 1. The van der Waals surface area contributed by atoms with Crippen molar-refractivity contribution in [1.29, 1.82) is 0 Å². The molecule has 0 radical (unpaired) electrons. The molecule has 1 N–H and O–H groups in total. The Balaban J connectivity index is 3.08. The molecular formula is C19H26N2O3S. The van der Waals surface area contributed by atoms with Gasteiger partial charge in [-0.3, -0.25) is 9.78 Å². The lowest BCUT2D eigenvalue weighted by Crippen LogP contribution is -2.51. The molecule has 0 saturated heterocycles. The fraction of sp³-hybridized carbons (Fsp3) is 0.474. The highest BCUT2D eigenvalue weighted by Gasteiger charge is 2.36. The largest absolute Gasteiger partial charge is 0.598 e. The lowest BCUT2D eigenvalue weighted by atomic mass is 9.97. The number of nitrogens with zero attached hydrogens (tertiary/aromatic N) is 1. The van der Waals surface area contributed by atoms with E-state index >= 15 is 0 Å². The van der Waals surface area contributed by atoms with E-state index in [4.69, 9.17) is 4.74 Å². The maximum Gasteiger partial charge on any atom is 0.307 e. The molecule has 1 aromatic heterocycles. The van der Waals surface area contributed by atoms with E-state index in [1.54, 1.807) is 19.3 Å². The molecule has 0 bridgehead atoms. The summed E-state index contributed by atoms with van der Waals surface area (Å²) < 4.78 is 19.8. The second-order valence-corrected chi connectivity index (χ2v) is 8.84. The van der Waals surface area contributed by atoms with Gasteiger partial charge in [-0.25, -0.2) is 0 Å². The van der Waals surface area contributed by atoms with E-state index in [0.717, 1.165) is 11.1 Å². The molecule has 0 aliphatic rings. The number of carbonyl (C=O) groups excluding carboxylic acids is 1. The van der Waals surface area contributed by atoms with Crippen molar-refractivity contribution in [2.75, 3.05) is 7.11 Å². The third-order valence-corrected chi connectivity index (χ3v) is 5.06. The second kappa shape index (κ2) is 9.04. The Kier molecular flexibility index (Phi) is 7.68. The molecular weight excluding hydrogens is 336 g/mol. The Bertz CT molecular complexity index is 686. The molecule has 0 aromatic carbocycles. The first-order valence-corrected chi connectivity index (χ1v) is 9.08. The Labute approximate surface area is 153 Å². The van der Waals surface area contributed by atoms with Crippen molar-refractivity contribution >= 4 is 23.4 Å². The van der Waals surface area contributed by atoms with E-state index in [1.807, 2.05) is 45.9 Å². The quantitative estimate of drug-likeness (QED) is 0.478. The highest BCUT2D eigenvalue weighted by atomic mass is 32.2. The molecule has 0 saturated carbocycles. The van der Waals surface area contributed by atoms with Crippen LogP contribution in [0.15, 0.2) is 24.5 Å². The number of rotatable bonds is 6. The van der Waals surface area contributed by atoms with Crippen LogP contribution in [0, 0.1) is 11.8 Å². The average molecular weight is 362 g/mol. The van der Waals surface area contributed by atoms with Gasteiger partial charge in [0, 0.05) is 29.3 Å². The maximum absolute atomic E-state index is 12.5. The highest BCUT2D eigenvalue weighted by Crippen LogP contribution is 2.22. The van der Waals surface area contributed by atoms with Gasteiger partial charge in [0.05, 0.1) is 19.1 Å². The summed E-state index contributed by atoms with van der Waals surface area (Å²) in [7, 11) is 1.34. The molecule has 0 aliphatic heterocycles. The van der Waals surface area contributed by atoms with Gasteiger partial charge in [-0.2, -0.15) is 0 Å². The number of aromatic nitrogens is 1. The molecule has 1 aromatic rings. The SMILES string of the molecule is CC#Cc1cncc(/C=C/[C@](C)(CC(=O)OC)N[S+]([O-])C(C)(C)C)c1. The van der Waals surface area contributed by atoms with Crippen LogP contribution in [-0.2, 0) is 20.9 Å². The van der Waals surface area contributed by atoms with Crippen LogP contribution in [0.3, 0.4) is 0 Å². The zero-order valence-corrected chi connectivity index (χ0v) is 16.5. The van der Waals surface area contributed by atoms with Crippen LogP contribution in [-0.4, -0.2) is 32.9 Å². The number of pyridine rings is 1. The van der Waals surface area contributed by atoms with E-state index in [9.17, 15) is 9.35 Å². The van der Waals surface area contributed by atoms with Gasteiger partial charge >= 0.3 is 5.97 Å². The number of carbonyl (C=O) groups is 1. The number of nitrogens with one attached hydrogen (secondary N) is 1. The standard InChI is InChI=1S/C19H26N2O3S/c1-7-8-15-11-16(14-20-13-15)9-10-19(5,12-17(22)24-6)21-25(23)18(2,3)4/h9-11,13-14,21H,12H2,1-6H3/b10-9+/t19-,25?/m1/s1. The van der Waals surface area contributed by atoms with Crippen molar-refractivity contribution in [2.45, 2.75) is 51.3 Å². The first-order chi connectivity index (χ1) is 11.6. The van der Waals surface area contributed by atoms with Crippen molar-refractivity contribution in [3.63, 3.8) is 0 Å². The lowest BCUT2D eigenvalue weighted by Gasteiger charge is -2.32. The molecule has 5 nitrogen and oxygen atoms in total. The van der Waals surface area contributed by atoms with E-state index in [2.05, 4.69) is 21.5 Å². The third kappa shape index (κ3) is 7.30. The molecule has 0 fully saturated rings. The molecule has 1 heterocycles. The topological polar surface area (TPSA) is 74.3 Å². The summed E-state index contributed by atoms with van der Waals surface area (Å²) in [5, 5.41) is 0. The number of hydrogen-bond donors (Lipinski definition) is 1. The molecule has 25 heavy (non-hydrogen) atoms. The lowest BCUT2D eigenvalue weighted by molar-refractivity contribution is -0.141. The average Bonchev–Trinajstić information content (AvgIpc) is 2.52. The number of hydrogen-bond acceptors (Lipinski definition) is 5. The van der Waals surface area contributed by atoms with Gasteiger partial charge in [0.15, 0.2) is 0 Å². The van der Waals surface area contributed by atoms with Gasteiger partial charge in [0.2, 0.25) is 0 Å². The Hall–Kier alpha value is -1.81. The molecule has 0 aliphatic carbocycles. The predicted octanol–water partition coefficient (Wildman–Crippen LogP) is 2.84. The van der Waals surface area contributed by atoms with Crippen molar-refractivity contribution in [3.05, 3.63) is 35.7 Å². The van der Waals surface area contributed by atoms with Crippen LogP contribution in [0.25, 0.3) is 6.08 Å². The van der Waals surface area contributed by atoms with E-state index < -0.39 is 21.6 Å². The summed E-state index contributed by atoms with van der Waals surface area (Å²) in [5.74, 6) is 5.41. The van der Waals surface area contributed by atoms with Crippen LogP contribution in [0.2, 0.25) is 0 Å². The second-order valence-electron chi connectivity index (χ2n) is 6.87. The summed E-state index contributed by atoms with van der Waals surface area (Å²) in [6, 6.07) is 1.90. The maximum atomic E-state index is 12.5. The van der Waals surface area contributed by atoms with Crippen molar-refractivity contribution in [3.8, 4) is 11.8 Å². The highest BCUT2D eigenvalue weighted by molar-refractivity contribution is 7.90. The van der Waals surface area contributed by atoms with Crippen LogP contribution in [0.5, 0.6) is 0 Å². The van der Waals surface area contributed by atoms with Gasteiger partial charge < -0.3 is 9.29 Å². The predicted molar refractivity (Wildman–Crippen MR) is 102 cm³/mol. The smallest absolute Gasteiger partial charge is 0.307 e. The molecule has 2 atom stereocenters. The fourth-order valence-corrected chi connectivity index (χ4v) is 2.78. The molecule has 1 rings (SSSR count). The van der Waals surface area contributed by atoms with Crippen LogP contribution in [0.1, 0.15) is 52.2 Å². The molecule has 6 heteroatoms. The normalized spacial score (nSPS) is 15.2. The first-order valence-electron chi connectivity index (χ1n) is 7.93. The Morgan fingerprint density at radius 3 is 2.64 bits per heavy atom. The van der Waals surface area contributed by atoms with Gasteiger partial charge in [0.25, 0.3) is 0 Å². The summed E-state index contributed by atoms with van der Waals surface area (Å²) in [4.78, 5) is 15.9. The fourth-order valence-electron chi connectivity index (χ4n) is 1.91. The summed E-state index contributed by atoms with van der Waals surface area (Å²) in [6.07, 6.45) is 7.10. The minimum absolute atomic E-state index is 0.0592. The van der Waals surface area contributed by atoms with Crippen LogP contribution in [0.4, 0.5) is 0 Å². The minimum atomic E-state index is -1.34. The number of esters is 1.